The minimum Gasteiger partial charge on any atom is -0.722 e. The number of rotatable bonds is 7. The normalized spacial score (nSPS) is 11.5. The highest BCUT2D eigenvalue weighted by atomic mass is 32.3. The van der Waals surface area contributed by atoms with Crippen LogP contribution in [0.2, 0.25) is 0 Å². The summed E-state index contributed by atoms with van der Waals surface area (Å²) in [4.78, 5) is 27.6. The second-order valence-electron chi connectivity index (χ2n) is 12.3. The van der Waals surface area contributed by atoms with E-state index in [1.165, 1.54) is 0 Å². The van der Waals surface area contributed by atoms with E-state index in [1.807, 2.05) is 101 Å². The van der Waals surface area contributed by atoms with Gasteiger partial charge in [-0.2, -0.15) is 4.57 Å². The molecular formula is C39H36FNO7S. The first kappa shape index (κ1) is 35.1. The quantitative estimate of drug-likeness (QED) is 0.0417. The smallest absolute Gasteiger partial charge is 0.345 e. The molecule has 1 aromatic heterocycles. The van der Waals surface area contributed by atoms with Crippen LogP contribution in [0.4, 0.5) is 3.89 Å². The Balaban J connectivity index is 0.000000874. The maximum absolute atomic E-state index is 14.4. The summed E-state index contributed by atoms with van der Waals surface area (Å²) in [6, 6.07) is 33.5. The standard InChI is InChI=1S/C39H36NO4.FHO3S/c1-24(2)31-20-29(38(41)43-23-26-13-7-6-8-14-26)21-32(25(3)4)37(31)44-39(42)36-30-17-11-12-18-34(30)40(5)35-22-28-16-10-9-15-27(28)19-33(35)36;1-5(2,3)4/h6-22,24-25H,23H2,1-5H3;(H,2,3,4)/q+1;/p-1. The molecule has 10 heteroatoms. The van der Waals surface area contributed by atoms with Crippen molar-refractivity contribution >= 4 is 55.0 Å². The van der Waals surface area contributed by atoms with Crippen LogP contribution in [-0.4, -0.2) is 24.9 Å². The predicted octanol–water partition coefficient (Wildman–Crippen LogP) is 8.21. The summed E-state index contributed by atoms with van der Waals surface area (Å²) in [5, 5.41) is 3.80. The molecule has 6 rings (SSSR count). The molecule has 8 nitrogen and oxygen atoms in total. The lowest BCUT2D eigenvalue weighted by atomic mass is 9.91. The zero-order valence-electron chi connectivity index (χ0n) is 27.8. The SMILES string of the molecule is CC(C)c1cc(C(=O)OCc2ccccc2)cc(C(C)C)c1OC(=O)c1c2ccccc2[n+](C)c2cc3ccccc3cc12.O=S(=O)([O-])F. The van der Waals surface area contributed by atoms with E-state index in [1.54, 1.807) is 12.1 Å². The van der Waals surface area contributed by atoms with Crippen LogP contribution in [0.15, 0.2) is 103 Å². The number of halogens is 1. The molecule has 0 bridgehead atoms. The molecule has 0 fully saturated rings. The molecule has 0 saturated carbocycles. The number of hydrogen-bond acceptors (Lipinski definition) is 7. The molecule has 0 atom stereocenters. The Kier molecular flexibility index (Phi) is 10.4. The van der Waals surface area contributed by atoms with Gasteiger partial charge in [0.2, 0.25) is 11.0 Å². The summed E-state index contributed by atoms with van der Waals surface area (Å²) < 4.78 is 49.5. The van der Waals surface area contributed by atoms with E-state index in [0.29, 0.717) is 16.9 Å². The number of pyridine rings is 1. The second-order valence-corrected chi connectivity index (χ2v) is 13.1. The summed E-state index contributed by atoms with van der Waals surface area (Å²) in [5.41, 5.74) is 5.35. The van der Waals surface area contributed by atoms with Gasteiger partial charge in [0.25, 0.3) is 10.5 Å². The highest BCUT2D eigenvalue weighted by Crippen LogP contribution is 2.38. The number of carbonyl (C=O) groups is 2. The van der Waals surface area contributed by atoms with Crippen LogP contribution in [0.3, 0.4) is 0 Å². The highest BCUT2D eigenvalue weighted by Gasteiger charge is 2.28. The fourth-order valence-electron chi connectivity index (χ4n) is 5.90. The van der Waals surface area contributed by atoms with Crippen LogP contribution in [0, 0.1) is 0 Å². The van der Waals surface area contributed by atoms with Gasteiger partial charge in [-0.25, -0.2) is 18.0 Å². The van der Waals surface area contributed by atoms with Gasteiger partial charge in [-0.05, 0) is 63.6 Å². The largest absolute Gasteiger partial charge is 0.722 e. The van der Waals surface area contributed by atoms with Crippen molar-refractivity contribution in [1.82, 2.24) is 0 Å². The van der Waals surface area contributed by atoms with Crippen LogP contribution < -0.4 is 9.30 Å². The molecule has 0 aliphatic carbocycles. The number of nitrogens with zero attached hydrogens (tertiary/aromatic N) is 1. The van der Waals surface area contributed by atoms with E-state index in [2.05, 4.69) is 28.8 Å². The topological polar surface area (TPSA) is 114 Å². The first-order valence-corrected chi connectivity index (χ1v) is 17.0. The maximum atomic E-state index is 14.4. The van der Waals surface area contributed by atoms with Crippen LogP contribution in [0.25, 0.3) is 32.6 Å². The van der Waals surface area contributed by atoms with E-state index in [0.717, 1.165) is 49.3 Å². The number of aryl methyl sites for hydroxylation is 1. The number of carbonyl (C=O) groups excluding carboxylic acids is 2. The van der Waals surface area contributed by atoms with Crippen molar-refractivity contribution in [3.63, 3.8) is 0 Å². The number of benzene rings is 5. The molecule has 252 valence electrons. The van der Waals surface area contributed by atoms with Crippen LogP contribution in [0.5, 0.6) is 5.75 Å². The van der Waals surface area contributed by atoms with Crippen LogP contribution in [0.1, 0.15) is 76.9 Å². The van der Waals surface area contributed by atoms with E-state index < -0.39 is 22.4 Å². The van der Waals surface area contributed by atoms with Crippen molar-refractivity contribution < 1.29 is 40.5 Å². The van der Waals surface area contributed by atoms with Crippen molar-refractivity contribution in [3.05, 3.63) is 131 Å². The van der Waals surface area contributed by atoms with Crippen molar-refractivity contribution in [2.45, 2.75) is 46.1 Å². The third-order valence-electron chi connectivity index (χ3n) is 8.27. The van der Waals surface area contributed by atoms with E-state index in [4.69, 9.17) is 22.4 Å². The highest BCUT2D eigenvalue weighted by molar-refractivity contribution is 7.80. The zero-order valence-corrected chi connectivity index (χ0v) is 28.6. The van der Waals surface area contributed by atoms with E-state index in [-0.39, 0.29) is 18.4 Å². The molecule has 0 radical (unpaired) electrons. The lowest BCUT2D eigenvalue weighted by Gasteiger charge is -2.21. The fraction of sp³-hybridized carbons (Fsp3) is 0.205. The summed E-state index contributed by atoms with van der Waals surface area (Å²) in [6.45, 7) is 8.33. The zero-order chi connectivity index (χ0) is 35.5. The summed E-state index contributed by atoms with van der Waals surface area (Å²) >= 11 is 0. The second kappa shape index (κ2) is 14.5. The fourth-order valence-corrected chi connectivity index (χ4v) is 5.90. The Morgan fingerprint density at radius 1 is 0.735 bits per heavy atom. The van der Waals surface area contributed by atoms with Gasteiger partial charge in [-0.1, -0.05) is 94.4 Å². The molecule has 0 unspecified atom stereocenters. The summed E-state index contributed by atoms with van der Waals surface area (Å²) in [6.07, 6.45) is 0. The molecule has 0 spiro atoms. The minimum atomic E-state index is -5.42. The van der Waals surface area contributed by atoms with Gasteiger partial charge >= 0.3 is 11.9 Å². The summed E-state index contributed by atoms with van der Waals surface area (Å²) in [5.74, 6) is -0.350. The molecule has 0 amide bonds. The van der Waals surface area contributed by atoms with E-state index >= 15 is 0 Å². The molecule has 0 N–H and O–H groups in total. The lowest BCUT2D eigenvalue weighted by molar-refractivity contribution is -0.617. The average molecular weight is 682 g/mol. The number of hydrogen-bond donors (Lipinski definition) is 0. The van der Waals surface area contributed by atoms with Gasteiger partial charge in [0.15, 0.2) is 0 Å². The third kappa shape index (κ3) is 8.10. The predicted molar refractivity (Wildman–Crippen MR) is 186 cm³/mol. The monoisotopic (exact) mass is 681 g/mol. The Hall–Kier alpha value is -5.19. The maximum Gasteiger partial charge on any atom is 0.345 e. The van der Waals surface area contributed by atoms with E-state index in [9.17, 15) is 13.5 Å². The molecular weight excluding hydrogens is 645 g/mol. The minimum absolute atomic E-state index is 0.0109. The lowest BCUT2D eigenvalue weighted by Crippen LogP contribution is -2.31. The molecule has 5 aromatic carbocycles. The number of aromatic nitrogens is 1. The molecule has 0 aliphatic rings. The number of para-hydroxylation sites is 1. The first-order valence-electron chi connectivity index (χ1n) is 15.7. The van der Waals surface area contributed by atoms with Gasteiger partial charge in [0, 0.05) is 12.1 Å². The van der Waals surface area contributed by atoms with Crippen LogP contribution >= 0.6 is 0 Å². The van der Waals surface area contributed by atoms with Gasteiger partial charge in [-0.3, -0.25) is 0 Å². The molecule has 1 heterocycles. The number of esters is 2. The number of ether oxygens (including phenoxy) is 2. The van der Waals surface area contributed by atoms with Crippen molar-refractivity contribution in [2.24, 2.45) is 7.05 Å². The third-order valence-corrected chi connectivity index (χ3v) is 8.27. The number of fused-ring (bicyclic) bond motifs is 3. The summed E-state index contributed by atoms with van der Waals surface area (Å²) in [7, 11) is -3.39. The molecule has 0 saturated heterocycles. The Morgan fingerprint density at radius 2 is 1.27 bits per heavy atom. The Morgan fingerprint density at radius 3 is 1.86 bits per heavy atom. The van der Waals surface area contributed by atoms with Crippen molar-refractivity contribution in [3.8, 4) is 5.75 Å². The van der Waals surface area contributed by atoms with Gasteiger partial charge in [0.05, 0.1) is 21.9 Å². The van der Waals surface area contributed by atoms with Crippen molar-refractivity contribution in [2.75, 3.05) is 0 Å². The van der Waals surface area contributed by atoms with Gasteiger partial charge in [0.1, 0.15) is 19.4 Å². The van der Waals surface area contributed by atoms with Crippen molar-refractivity contribution in [1.29, 1.82) is 0 Å². The van der Waals surface area contributed by atoms with Crippen LogP contribution in [-0.2, 0) is 28.9 Å². The molecule has 0 aliphatic heterocycles. The van der Waals surface area contributed by atoms with Gasteiger partial charge < -0.3 is 14.0 Å². The average Bonchev–Trinajstić information content (AvgIpc) is 3.06. The van der Waals surface area contributed by atoms with Gasteiger partial charge in [-0.15, -0.1) is 3.89 Å². The Labute approximate surface area is 284 Å². The molecule has 49 heavy (non-hydrogen) atoms. The first-order chi connectivity index (χ1) is 23.2. The molecule has 6 aromatic rings. The Bertz CT molecular complexity index is 2270.